The molecule has 0 aromatic heterocycles. The molecule has 0 saturated carbocycles. The number of halogens is 1. The van der Waals surface area contributed by atoms with Gasteiger partial charge in [0, 0.05) is 11.0 Å². The van der Waals surface area contributed by atoms with E-state index < -0.39 is 10.0 Å². The summed E-state index contributed by atoms with van der Waals surface area (Å²) in [7, 11) is -3.59. The maximum absolute atomic E-state index is 12.5. The van der Waals surface area contributed by atoms with Crippen LogP contribution in [0.4, 0.5) is 5.69 Å². The predicted molar refractivity (Wildman–Crippen MR) is 126 cm³/mol. The Kier molecular flexibility index (Phi) is 7.15. The van der Waals surface area contributed by atoms with Crippen LogP contribution in [0.2, 0.25) is 0 Å². The van der Waals surface area contributed by atoms with Crippen molar-refractivity contribution in [2.75, 3.05) is 23.7 Å². The van der Waals surface area contributed by atoms with Crippen LogP contribution in [0.3, 0.4) is 0 Å². The van der Waals surface area contributed by atoms with Crippen LogP contribution in [0.25, 0.3) is 10.8 Å². The Bertz CT molecular complexity index is 1140. The molecule has 5 nitrogen and oxygen atoms in total. The van der Waals surface area contributed by atoms with Crippen LogP contribution in [0.15, 0.2) is 71.2 Å². The summed E-state index contributed by atoms with van der Waals surface area (Å²) in [4.78, 5) is 12.5. The Balaban J connectivity index is 1.62. The van der Waals surface area contributed by atoms with Gasteiger partial charge in [-0.1, -0.05) is 71.4 Å². The van der Waals surface area contributed by atoms with E-state index in [1.54, 1.807) is 24.3 Å². The molecule has 1 amide bonds. The van der Waals surface area contributed by atoms with E-state index >= 15 is 0 Å². The van der Waals surface area contributed by atoms with Crippen molar-refractivity contribution in [2.45, 2.75) is 13.3 Å². The number of fused-ring (bicyclic) bond motifs is 1. The van der Waals surface area contributed by atoms with Crippen LogP contribution in [-0.2, 0) is 21.2 Å². The first-order chi connectivity index (χ1) is 14.2. The maximum atomic E-state index is 12.5. The fourth-order valence-electron chi connectivity index (χ4n) is 3.42. The highest BCUT2D eigenvalue weighted by Gasteiger charge is 2.21. The van der Waals surface area contributed by atoms with Crippen molar-refractivity contribution in [2.24, 2.45) is 5.92 Å². The maximum Gasteiger partial charge on any atom is 0.240 e. The van der Waals surface area contributed by atoms with Crippen molar-refractivity contribution in [1.82, 2.24) is 5.32 Å². The van der Waals surface area contributed by atoms with Gasteiger partial charge in [-0.3, -0.25) is 9.10 Å². The summed E-state index contributed by atoms with van der Waals surface area (Å²) in [5.41, 5.74) is 1.69. The Morgan fingerprint density at radius 3 is 2.50 bits per heavy atom. The minimum absolute atomic E-state index is 0.206. The third-order valence-corrected chi connectivity index (χ3v) is 6.51. The minimum atomic E-state index is -3.59. The van der Waals surface area contributed by atoms with Crippen LogP contribution >= 0.6 is 15.9 Å². The average Bonchev–Trinajstić information content (AvgIpc) is 2.70. The van der Waals surface area contributed by atoms with Crippen molar-refractivity contribution in [3.05, 3.63) is 76.8 Å². The van der Waals surface area contributed by atoms with Crippen LogP contribution in [-0.4, -0.2) is 33.7 Å². The van der Waals surface area contributed by atoms with E-state index in [1.807, 2.05) is 18.2 Å². The third-order valence-electron chi connectivity index (χ3n) is 4.88. The molecule has 0 spiro atoms. The topological polar surface area (TPSA) is 66.5 Å². The monoisotopic (exact) mass is 488 g/mol. The van der Waals surface area contributed by atoms with Gasteiger partial charge < -0.3 is 5.32 Å². The molecule has 0 aliphatic heterocycles. The first kappa shape index (κ1) is 22.3. The quantitative estimate of drug-likeness (QED) is 0.511. The molecule has 7 heteroatoms. The summed E-state index contributed by atoms with van der Waals surface area (Å²) in [5.74, 6) is -0.123. The lowest BCUT2D eigenvalue weighted by Gasteiger charge is -2.22. The average molecular weight is 489 g/mol. The van der Waals surface area contributed by atoms with Gasteiger partial charge in [0.05, 0.1) is 11.9 Å². The predicted octanol–water partition coefficient (Wildman–Crippen LogP) is 4.36. The molecule has 0 heterocycles. The molecule has 1 N–H and O–H groups in total. The molecule has 0 aliphatic rings. The molecule has 1 atom stereocenters. The summed E-state index contributed by atoms with van der Waals surface area (Å²) < 4.78 is 26.3. The van der Waals surface area contributed by atoms with E-state index in [0.29, 0.717) is 12.2 Å². The second-order valence-electron chi connectivity index (χ2n) is 7.50. The van der Waals surface area contributed by atoms with E-state index in [4.69, 9.17) is 0 Å². The van der Waals surface area contributed by atoms with Gasteiger partial charge in [0.25, 0.3) is 0 Å². The number of benzene rings is 3. The lowest BCUT2D eigenvalue weighted by atomic mass is 9.96. The lowest BCUT2D eigenvalue weighted by Crippen LogP contribution is -2.41. The molecule has 0 radical (unpaired) electrons. The number of carbonyl (C=O) groups is 1. The van der Waals surface area contributed by atoms with Gasteiger partial charge in [-0.25, -0.2) is 8.42 Å². The zero-order valence-corrected chi connectivity index (χ0v) is 19.4. The lowest BCUT2D eigenvalue weighted by molar-refractivity contribution is -0.119. The Labute approximate surface area is 186 Å². The molecule has 158 valence electrons. The van der Waals surface area contributed by atoms with E-state index in [0.717, 1.165) is 21.5 Å². The third kappa shape index (κ3) is 5.83. The summed E-state index contributed by atoms with van der Waals surface area (Å²) in [6.07, 6.45) is 1.92. The van der Waals surface area contributed by atoms with Crippen molar-refractivity contribution < 1.29 is 13.2 Å². The molecule has 3 aromatic carbocycles. The number of hydrogen-bond donors (Lipinski definition) is 1. The van der Waals surface area contributed by atoms with Crippen molar-refractivity contribution in [3.63, 3.8) is 0 Å². The number of sulfonamides is 1. The summed E-state index contributed by atoms with van der Waals surface area (Å²) in [5, 5.41) is 5.30. The van der Waals surface area contributed by atoms with Crippen LogP contribution in [0.1, 0.15) is 12.5 Å². The first-order valence-corrected chi connectivity index (χ1v) is 12.3. The molecule has 0 aliphatic carbocycles. The van der Waals surface area contributed by atoms with E-state index in [2.05, 4.69) is 52.4 Å². The van der Waals surface area contributed by atoms with Gasteiger partial charge in [-0.15, -0.1) is 0 Å². The number of amides is 1. The molecule has 1 unspecified atom stereocenters. The van der Waals surface area contributed by atoms with Crippen LogP contribution < -0.4 is 9.62 Å². The van der Waals surface area contributed by atoms with Gasteiger partial charge in [-0.2, -0.15) is 0 Å². The standard InChI is InChI=1S/C23H25BrN2O3S/c1-17(13-19-9-5-8-18-7-3-4-12-22(18)19)15-25-23(27)16-26(30(2,28)29)21-11-6-10-20(24)14-21/h3-12,14,17H,13,15-16H2,1-2H3,(H,25,27). The fraction of sp³-hybridized carbons (Fsp3) is 0.261. The zero-order valence-electron chi connectivity index (χ0n) is 17.0. The fourth-order valence-corrected chi connectivity index (χ4v) is 4.66. The van der Waals surface area contributed by atoms with Gasteiger partial charge in [0.2, 0.25) is 15.9 Å². The summed E-state index contributed by atoms with van der Waals surface area (Å²) in [6.45, 7) is 2.29. The molecule has 0 bridgehead atoms. The highest BCUT2D eigenvalue weighted by atomic mass is 79.9. The molecular formula is C23H25BrN2O3S. The highest BCUT2D eigenvalue weighted by Crippen LogP contribution is 2.23. The number of rotatable bonds is 8. The number of nitrogens with zero attached hydrogens (tertiary/aromatic N) is 1. The molecule has 3 aromatic rings. The second-order valence-corrected chi connectivity index (χ2v) is 10.3. The molecular weight excluding hydrogens is 464 g/mol. The highest BCUT2D eigenvalue weighted by molar-refractivity contribution is 9.10. The van der Waals surface area contributed by atoms with Gasteiger partial charge in [-0.05, 0) is 46.9 Å². The van der Waals surface area contributed by atoms with E-state index in [9.17, 15) is 13.2 Å². The first-order valence-electron chi connectivity index (χ1n) is 9.70. The van der Waals surface area contributed by atoms with E-state index in [-0.39, 0.29) is 18.4 Å². The van der Waals surface area contributed by atoms with Crippen molar-refractivity contribution in [3.8, 4) is 0 Å². The molecule has 0 saturated heterocycles. The van der Waals surface area contributed by atoms with E-state index in [1.165, 1.54) is 16.3 Å². The largest absolute Gasteiger partial charge is 0.354 e. The molecule has 0 fully saturated rings. The zero-order chi connectivity index (χ0) is 21.7. The van der Waals surface area contributed by atoms with Gasteiger partial charge in [0.1, 0.15) is 6.54 Å². The van der Waals surface area contributed by atoms with Crippen molar-refractivity contribution in [1.29, 1.82) is 0 Å². The normalized spacial score (nSPS) is 12.5. The number of hydrogen-bond acceptors (Lipinski definition) is 3. The number of carbonyl (C=O) groups excluding carboxylic acids is 1. The Hall–Kier alpha value is -2.38. The Morgan fingerprint density at radius 2 is 1.77 bits per heavy atom. The second kappa shape index (κ2) is 9.62. The van der Waals surface area contributed by atoms with Crippen LogP contribution in [0, 0.1) is 5.92 Å². The Morgan fingerprint density at radius 1 is 1.07 bits per heavy atom. The van der Waals surface area contributed by atoms with Gasteiger partial charge >= 0.3 is 0 Å². The number of nitrogens with one attached hydrogen (secondary N) is 1. The SMILES string of the molecule is CC(CNC(=O)CN(c1cccc(Br)c1)S(C)(=O)=O)Cc1cccc2ccccc12. The smallest absolute Gasteiger partial charge is 0.240 e. The summed E-state index contributed by atoms with van der Waals surface area (Å²) in [6, 6.07) is 21.4. The number of anilines is 1. The molecule has 30 heavy (non-hydrogen) atoms. The summed E-state index contributed by atoms with van der Waals surface area (Å²) >= 11 is 3.34. The molecule has 3 rings (SSSR count). The van der Waals surface area contributed by atoms with Crippen LogP contribution in [0.5, 0.6) is 0 Å². The van der Waals surface area contributed by atoms with Crippen molar-refractivity contribution >= 4 is 48.3 Å². The minimum Gasteiger partial charge on any atom is -0.354 e. The van der Waals surface area contributed by atoms with Gasteiger partial charge in [0.15, 0.2) is 0 Å².